The lowest BCUT2D eigenvalue weighted by molar-refractivity contribution is -0.386. The Kier molecular flexibility index (Phi) is 4.83. The highest BCUT2D eigenvalue weighted by atomic mass is 16.6. The molecule has 0 saturated heterocycles. The third-order valence-corrected chi connectivity index (χ3v) is 2.90. The number of likely N-dealkylation sites (N-methyl/N-ethyl adjacent to an activating group) is 1. The van der Waals surface area contributed by atoms with Gasteiger partial charge in [-0.1, -0.05) is 17.3 Å². The molecule has 0 aliphatic carbocycles. The fourth-order valence-corrected chi connectivity index (χ4v) is 1.68. The van der Waals surface area contributed by atoms with Crippen molar-refractivity contribution in [1.82, 2.24) is 15.5 Å². The topological polar surface area (TPSA) is 103 Å². The van der Waals surface area contributed by atoms with E-state index in [1.807, 2.05) is 14.0 Å². The van der Waals surface area contributed by atoms with Gasteiger partial charge in [-0.2, -0.15) is 4.98 Å². The number of nitro benzene ring substituents is 1. The minimum atomic E-state index is -0.497. The zero-order valence-corrected chi connectivity index (χ0v) is 11.8. The molecule has 2 rings (SSSR count). The average Bonchev–Trinajstić information content (AvgIpc) is 2.92. The largest absolute Gasteiger partial charge is 0.477 e. The lowest BCUT2D eigenvalue weighted by Gasteiger charge is -2.05. The van der Waals surface area contributed by atoms with Crippen molar-refractivity contribution in [3.63, 3.8) is 0 Å². The number of benzene rings is 1. The summed E-state index contributed by atoms with van der Waals surface area (Å²) in [5, 5.41) is 17.8. The van der Waals surface area contributed by atoms with Crippen molar-refractivity contribution >= 4 is 5.69 Å². The van der Waals surface area contributed by atoms with Gasteiger partial charge in [-0.15, -0.1) is 0 Å². The van der Waals surface area contributed by atoms with Gasteiger partial charge < -0.3 is 14.6 Å². The van der Waals surface area contributed by atoms with E-state index in [0.717, 1.165) is 0 Å². The highest BCUT2D eigenvalue weighted by molar-refractivity contribution is 5.45. The number of hydrogen-bond donors (Lipinski definition) is 1. The standard InChI is InChI=1S/C13H16N4O4/c1-9(14-2)7-12-15-13(21-16-12)8-20-11-6-4-3-5-10(11)17(18)19/h3-6,9,14H,7-8H2,1-2H3. The van der Waals surface area contributed by atoms with E-state index in [1.54, 1.807) is 12.1 Å². The molecule has 8 nitrogen and oxygen atoms in total. The second-order valence-corrected chi connectivity index (χ2v) is 4.51. The molecule has 0 aliphatic heterocycles. The fraction of sp³-hybridized carbons (Fsp3) is 0.385. The van der Waals surface area contributed by atoms with Crippen LogP contribution in [-0.4, -0.2) is 28.2 Å². The van der Waals surface area contributed by atoms with Gasteiger partial charge in [-0.05, 0) is 20.0 Å². The summed E-state index contributed by atoms with van der Waals surface area (Å²) in [7, 11) is 1.85. The van der Waals surface area contributed by atoms with Gasteiger partial charge in [-0.25, -0.2) is 0 Å². The zero-order chi connectivity index (χ0) is 15.2. The van der Waals surface area contributed by atoms with E-state index < -0.39 is 4.92 Å². The second-order valence-electron chi connectivity index (χ2n) is 4.51. The summed E-state index contributed by atoms with van der Waals surface area (Å²) in [5.41, 5.74) is -0.0963. The lowest BCUT2D eigenvalue weighted by Crippen LogP contribution is -2.24. The molecule has 112 valence electrons. The first-order chi connectivity index (χ1) is 10.1. The summed E-state index contributed by atoms with van der Waals surface area (Å²) in [5.74, 6) is 1.02. The summed E-state index contributed by atoms with van der Waals surface area (Å²) in [6.07, 6.45) is 0.630. The molecule has 1 N–H and O–H groups in total. The number of para-hydroxylation sites is 2. The van der Waals surface area contributed by atoms with Gasteiger partial charge in [0.05, 0.1) is 4.92 Å². The second kappa shape index (κ2) is 6.80. The molecule has 0 spiro atoms. The van der Waals surface area contributed by atoms with Crippen molar-refractivity contribution in [2.45, 2.75) is 26.0 Å². The van der Waals surface area contributed by atoms with Crippen molar-refractivity contribution in [1.29, 1.82) is 0 Å². The summed E-state index contributed by atoms with van der Waals surface area (Å²) in [6, 6.07) is 6.37. The molecule has 1 aromatic carbocycles. The molecule has 1 heterocycles. The van der Waals surface area contributed by atoms with E-state index in [-0.39, 0.29) is 30.0 Å². The van der Waals surface area contributed by atoms with Crippen LogP contribution in [0.15, 0.2) is 28.8 Å². The van der Waals surface area contributed by atoms with Crippen LogP contribution in [0.2, 0.25) is 0 Å². The van der Waals surface area contributed by atoms with Crippen LogP contribution in [0.1, 0.15) is 18.6 Å². The van der Waals surface area contributed by atoms with Gasteiger partial charge in [0, 0.05) is 18.5 Å². The number of rotatable bonds is 7. The highest BCUT2D eigenvalue weighted by Crippen LogP contribution is 2.26. The van der Waals surface area contributed by atoms with Crippen LogP contribution in [0, 0.1) is 10.1 Å². The predicted molar refractivity (Wildman–Crippen MR) is 74.0 cm³/mol. The Morgan fingerprint density at radius 3 is 2.95 bits per heavy atom. The Hall–Kier alpha value is -2.48. The molecule has 1 unspecified atom stereocenters. The number of aromatic nitrogens is 2. The Bertz CT molecular complexity index is 614. The molecule has 1 aromatic heterocycles. The van der Waals surface area contributed by atoms with E-state index in [9.17, 15) is 10.1 Å². The van der Waals surface area contributed by atoms with Crippen LogP contribution in [0.5, 0.6) is 5.75 Å². The summed E-state index contributed by atoms with van der Waals surface area (Å²) in [6.45, 7) is 1.99. The SMILES string of the molecule is CNC(C)Cc1noc(COc2ccccc2[N+](=O)[O-])n1. The number of nitrogens with zero attached hydrogens (tertiary/aromatic N) is 3. The molecule has 2 aromatic rings. The summed E-state index contributed by atoms with van der Waals surface area (Å²) in [4.78, 5) is 14.5. The van der Waals surface area contributed by atoms with E-state index in [1.165, 1.54) is 12.1 Å². The minimum absolute atomic E-state index is 0.00815. The number of ether oxygens (including phenoxy) is 1. The van der Waals surface area contributed by atoms with E-state index in [2.05, 4.69) is 15.5 Å². The van der Waals surface area contributed by atoms with Gasteiger partial charge in [0.2, 0.25) is 0 Å². The molecule has 0 saturated carbocycles. The van der Waals surface area contributed by atoms with Gasteiger partial charge >= 0.3 is 5.69 Å². The maximum atomic E-state index is 10.9. The molecule has 8 heteroatoms. The van der Waals surface area contributed by atoms with Crippen LogP contribution in [0.3, 0.4) is 0 Å². The van der Waals surface area contributed by atoms with Gasteiger partial charge in [0.1, 0.15) is 0 Å². The van der Waals surface area contributed by atoms with Gasteiger partial charge in [0.25, 0.3) is 5.89 Å². The van der Waals surface area contributed by atoms with Crippen molar-refractivity contribution in [2.24, 2.45) is 0 Å². The Labute approximate surface area is 121 Å². The molecule has 0 fully saturated rings. The fourth-order valence-electron chi connectivity index (χ4n) is 1.68. The van der Waals surface area contributed by atoms with Crippen molar-refractivity contribution in [2.75, 3.05) is 7.05 Å². The smallest absolute Gasteiger partial charge is 0.310 e. The van der Waals surface area contributed by atoms with Gasteiger partial charge in [-0.3, -0.25) is 10.1 Å². The van der Waals surface area contributed by atoms with Crippen molar-refractivity contribution < 1.29 is 14.2 Å². The molecular weight excluding hydrogens is 276 g/mol. The number of hydrogen-bond acceptors (Lipinski definition) is 7. The Morgan fingerprint density at radius 1 is 1.48 bits per heavy atom. The zero-order valence-electron chi connectivity index (χ0n) is 11.8. The van der Waals surface area contributed by atoms with E-state index in [4.69, 9.17) is 9.26 Å². The number of nitro groups is 1. The average molecular weight is 292 g/mol. The maximum absolute atomic E-state index is 10.9. The highest BCUT2D eigenvalue weighted by Gasteiger charge is 2.15. The number of nitrogens with one attached hydrogen (secondary N) is 1. The Balaban J connectivity index is 1.99. The van der Waals surface area contributed by atoms with Crippen LogP contribution in [0.25, 0.3) is 0 Å². The van der Waals surface area contributed by atoms with E-state index >= 15 is 0 Å². The Morgan fingerprint density at radius 2 is 2.24 bits per heavy atom. The minimum Gasteiger partial charge on any atom is -0.477 e. The molecule has 0 aliphatic rings. The van der Waals surface area contributed by atoms with Crippen LogP contribution >= 0.6 is 0 Å². The van der Waals surface area contributed by atoms with Crippen LogP contribution in [0.4, 0.5) is 5.69 Å². The van der Waals surface area contributed by atoms with Crippen molar-refractivity contribution in [3.8, 4) is 5.75 Å². The maximum Gasteiger partial charge on any atom is 0.310 e. The predicted octanol–water partition coefficient (Wildman–Crippen LogP) is 1.71. The van der Waals surface area contributed by atoms with Crippen molar-refractivity contribution in [3.05, 3.63) is 46.1 Å². The van der Waals surface area contributed by atoms with Crippen LogP contribution < -0.4 is 10.1 Å². The molecule has 0 amide bonds. The first kappa shape index (κ1) is 14.9. The first-order valence-corrected chi connectivity index (χ1v) is 6.45. The van der Waals surface area contributed by atoms with E-state index in [0.29, 0.717) is 12.2 Å². The third-order valence-electron chi connectivity index (χ3n) is 2.90. The monoisotopic (exact) mass is 292 g/mol. The molecule has 1 atom stereocenters. The molecule has 0 radical (unpaired) electrons. The quantitative estimate of drug-likeness (QED) is 0.612. The normalized spacial score (nSPS) is 12.1. The summed E-state index contributed by atoms with van der Waals surface area (Å²) < 4.78 is 10.4. The van der Waals surface area contributed by atoms with Crippen LogP contribution in [-0.2, 0) is 13.0 Å². The van der Waals surface area contributed by atoms with Gasteiger partial charge in [0.15, 0.2) is 18.2 Å². The first-order valence-electron chi connectivity index (χ1n) is 6.45. The third kappa shape index (κ3) is 3.99. The molecular formula is C13H16N4O4. The molecule has 0 bridgehead atoms. The summed E-state index contributed by atoms with van der Waals surface area (Å²) >= 11 is 0. The molecule has 21 heavy (non-hydrogen) atoms. The lowest BCUT2D eigenvalue weighted by atomic mass is 10.2.